The molecule has 1 aromatic carbocycles. The van der Waals surface area contributed by atoms with E-state index in [1.54, 1.807) is 0 Å². The van der Waals surface area contributed by atoms with Crippen LogP contribution in [0.15, 0.2) is 36.5 Å². The second-order valence-corrected chi connectivity index (χ2v) is 3.78. The Balaban J connectivity index is 2.33. The van der Waals surface area contributed by atoms with Crippen LogP contribution in [0.5, 0.6) is 0 Å². The van der Waals surface area contributed by atoms with Gasteiger partial charge in [0.15, 0.2) is 0 Å². The molecule has 0 aliphatic heterocycles. The molecule has 1 aromatic heterocycles. The highest BCUT2D eigenvalue weighted by atomic mass is 14.7. The van der Waals surface area contributed by atoms with Crippen molar-refractivity contribution in [1.82, 2.24) is 4.98 Å². The summed E-state index contributed by atoms with van der Waals surface area (Å²) in [4.78, 5) is 4.42. The van der Waals surface area contributed by atoms with Gasteiger partial charge in [0.25, 0.3) is 0 Å². The molecule has 0 N–H and O–H groups in total. The maximum absolute atomic E-state index is 4.42. The van der Waals surface area contributed by atoms with Gasteiger partial charge in [-0.15, -0.1) is 0 Å². The highest BCUT2D eigenvalue weighted by molar-refractivity contribution is 5.76. The first-order valence-corrected chi connectivity index (χ1v) is 4.89. The minimum Gasteiger partial charge on any atom is -0.260 e. The third-order valence-corrected chi connectivity index (χ3v) is 2.93. The summed E-state index contributed by atoms with van der Waals surface area (Å²) in [7, 11) is 0. The number of fused-ring (bicyclic) bond motifs is 3. The van der Waals surface area contributed by atoms with Crippen molar-refractivity contribution in [2.45, 2.75) is 13.3 Å². The molecule has 0 atom stereocenters. The summed E-state index contributed by atoms with van der Waals surface area (Å²) in [6.07, 6.45) is 2.87. The Hall–Kier alpha value is -1.63. The molecule has 3 rings (SSSR count). The van der Waals surface area contributed by atoms with Crippen molar-refractivity contribution in [2.24, 2.45) is 0 Å². The molecule has 1 nitrogen and oxygen atoms in total. The van der Waals surface area contributed by atoms with Crippen LogP contribution in [0.2, 0.25) is 0 Å². The fraction of sp³-hybridized carbons (Fsp3) is 0.154. The van der Waals surface area contributed by atoms with Gasteiger partial charge in [0.1, 0.15) is 0 Å². The van der Waals surface area contributed by atoms with E-state index in [4.69, 9.17) is 0 Å². The van der Waals surface area contributed by atoms with Gasteiger partial charge in [-0.2, -0.15) is 0 Å². The van der Waals surface area contributed by atoms with Gasteiger partial charge in [0.2, 0.25) is 0 Å². The standard InChI is InChI=1S/C13H11N/c1-9-4-2-5-10-11-6-3-7-14-13(11)8-12(9)10/h2-7H,8H2,1H3. The first-order chi connectivity index (χ1) is 6.86. The van der Waals surface area contributed by atoms with Gasteiger partial charge in [-0.3, -0.25) is 4.98 Å². The van der Waals surface area contributed by atoms with E-state index in [-0.39, 0.29) is 0 Å². The Morgan fingerprint density at radius 3 is 2.86 bits per heavy atom. The minimum absolute atomic E-state index is 0.998. The van der Waals surface area contributed by atoms with E-state index < -0.39 is 0 Å². The fourth-order valence-electron chi connectivity index (χ4n) is 2.18. The maximum atomic E-state index is 4.42. The Morgan fingerprint density at radius 2 is 1.93 bits per heavy atom. The van der Waals surface area contributed by atoms with Crippen LogP contribution >= 0.6 is 0 Å². The number of hydrogen-bond acceptors (Lipinski definition) is 1. The van der Waals surface area contributed by atoms with E-state index >= 15 is 0 Å². The van der Waals surface area contributed by atoms with Crippen molar-refractivity contribution in [2.75, 3.05) is 0 Å². The molecule has 1 heteroatoms. The Labute approximate surface area is 83.4 Å². The molecule has 14 heavy (non-hydrogen) atoms. The summed E-state index contributed by atoms with van der Waals surface area (Å²) in [6.45, 7) is 2.17. The van der Waals surface area contributed by atoms with Gasteiger partial charge in [0, 0.05) is 18.2 Å². The van der Waals surface area contributed by atoms with E-state index in [0.717, 1.165) is 6.42 Å². The molecule has 0 spiro atoms. The molecule has 0 amide bonds. The van der Waals surface area contributed by atoms with Gasteiger partial charge >= 0.3 is 0 Å². The highest BCUT2D eigenvalue weighted by Crippen LogP contribution is 2.36. The summed E-state index contributed by atoms with van der Waals surface area (Å²) < 4.78 is 0. The molecule has 1 heterocycles. The first-order valence-electron chi connectivity index (χ1n) is 4.89. The van der Waals surface area contributed by atoms with E-state index in [2.05, 4.69) is 36.2 Å². The number of pyridine rings is 1. The number of rotatable bonds is 0. The molecule has 1 aliphatic rings. The van der Waals surface area contributed by atoms with Gasteiger partial charge < -0.3 is 0 Å². The number of nitrogens with zero attached hydrogens (tertiary/aromatic N) is 1. The van der Waals surface area contributed by atoms with Crippen molar-refractivity contribution < 1.29 is 0 Å². The van der Waals surface area contributed by atoms with Gasteiger partial charge in [-0.1, -0.05) is 24.3 Å². The number of benzene rings is 1. The molecule has 2 aromatic rings. The Kier molecular flexibility index (Phi) is 1.48. The van der Waals surface area contributed by atoms with Crippen LogP contribution in [0.25, 0.3) is 11.1 Å². The van der Waals surface area contributed by atoms with Crippen LogP contribution in [-0.4, -0.2) is 4.98 Å². The molecule has 0 radical (unpaired) electrons. The van der Waals surface area contributed by atoms with Crippen LogP contribution in [-0.2, 0) is 6.42 Å². The fourth-order valence-corrected chi connectivity index (χ4v) is 2.18. The zero-order valence-electron chi connectivity index (χ0n) is 8.12. The van der Waals surface area contributed by atoms with Crippen molar-refractivity contribution in [1.29, 1.82) is 0 Å². The smallest absolute Gasteiger partial charge is 0.0526 e. The third-order valence-electron chi connectivity index (χ3n) is 2.93. The summed E-state index contributed by atoms with van der Waals surface area (Å²) in [5.74, 6) is 0. The van der Waals surface area contributed by atoms with Crippen molar-refractivity contribution in [3.8, 4) is 11.1 Å². The van der Waals surface area contributed by atoms with E-state index in [1.165, 1.54) is 27.9 Å². The normalized spacial score (nSPS) is 12.4. The minimum atomic E-state index is 0.998. The number of hydrogen-bond donors (Lipinski definition) is 0. The lowest BCUT2D eigenvalue weighted by Gasteiger charge is -2.01. The second-order valence-electron chi connectivity index (χ2n) is 3.78. The largest absolute Gasteiger partial charge is 0.260 e. The first kappa shape index (κ1) is 7.74. The van der Waals surface area contributed by atoms with Crippen molar-refractivity contribution >= 4 is 0 Å². The Morgan fingerprint density at radius 1 is 1.07 bits per heavy atom. The molecule has 0 bridgehead atoms. The Bertz CT molecular complexity index is 500. The third kappa shape index (κ3) is 0.925. The summed E-state index contributed by atoms with van der Waals surface area (Å²) >= 11 is 0. The zero-order valence-corrected chi connectivity index (χ0v) is 8.12. The molecule has 0 saturated carbocycles. The lowest BCUT2D eigenvalue weighted by molar-refractivity contribution is 1.11. The average Bonchev–Trinajstić information content (AvgIpc) is 2.59. The summed E-state index contributed by atoms with van der Waals surface area (Å²) in [5, 5.41) is 0. The molecule has 1 aliphatic carbocycles. The zero-order chi connectivity index (χ0) is 9.54. The molecular weight excluding hydrogens is 170 g/mol. The van der Waals surface area contributed by atoms with Crippen LogP contribution in [0.3, 0.4) is 0 Å². The number of aromatic nitrogens is 1. The lowest BCUT2D eigenvalue weighted by Crippen LogP contribution is -1.86. The van der Waals surface area contributed by atoms with Gasteiger partial charge in [-0.05, 0) is 29.7 Å². The van der Waals surface area contributed by atoms with Gasteiger partial charge in [-0.25, -0.2) is 0 Å². The van der Waals surface area contributed by atoms with Crippen LogP contribution in [0, 0.1) is 6.92 Å². The molecule has 0 unspecified atom stereocenters. The predicted octanol–water partition coefficient (Wildman–Crippen LogP) is 2.96. The molecule has 0 fully saturated rings. The van der Waals surface area contributed by atoms with E-state index in [0.29, 0.717) is 0 Å². The topological polar surface area (TPSA) is 12.9 Å². The van der Waals surface area contributed by atoms with Crippen molar-refractivity contribution in [3.05, 3.63) is 53.3 Å². The van der Waals surface area contributed by atoms with Crippen molar-refractivity contribution in [3.63, 3.8) is 0 Å². The van der Waals surface area contributed by atoms with E-state index in [1.807, 2.05) is 12.3 Å². The maximum Gasteiger partial charge on any atom is 0.0526 e. The monoisotopic (exact) mass is 181 g/mol. The second kappa shape index (κ2) is 2.68. The molecule has 0 saturated heterocycles. The molecule has 68 valence electrons. The van der Waals surface area contributed by atoms with Gasteiger partial charge in [0.05, 0.1) is 5.69 Å². The average molecular weight is 181 g/mol. The van der Waals surface area contributed by atoms with Crippen LogP contribution < -0.4 is 0 Å². The van der Waals surface area contributed by atoms with E-state index in [9.17, 15) is 0 Å². The quantitative estimate of drug-likeness (QED) is 0.519. The lowest BCUT2D eigenvalue weighted by atomic mass is 10.0. The van der Waals surface area contributed by atoms with Crippen LogP contribution in [0.4, 0.5) is 0 Å². The summed E-state index contributed by atoms with van der Waals surface area (Å²) in [6, 6.07) is 10.7. The SMILES string of the molecule is Cc1cccc2c1Cc1ncccc1-2. The number of aryl methyl sites for hydroxylation is 1. The highest BCUT2D eigenvalue weighted by Gasteiger charge is 2.19. The van der Waals surface area contributed by atoms with Crippen LogP contribution in [0.1, 0.15) is 16.8 Å². The summed E-state index contributed by atoms with van der Waals surface area (Å²) in [5.41, 5.74) is 6.72. The molecular formula is C13H11N. The predicted molar refractivity (Wildman–Crippen MR) is 57.2 cm³/mol.